The maximum Gasteiger partial charge on any atom is 0.165 e. The van der Waals surface area contributed by atoms with Gasteiger partial charge in [-0.05, 0) is 35.9 Å². The van der Waals surface area contributed by atoms with E-state index in [-0.39, 0.29) is 11.6 Å². The van der Waals surface area contributed by atoms with Gasteiger partial charge in [0.1, 0.15) is 6.61 Å². The average Bonchev–Trinajstić information content (AvgIpc) is 2.47. The summed E-state index contributed by atoms with van der Waals surface area (Å²) in [6.45, 7) is 4.12. The summed E-state index contributed by atoms with van der Waals surface area (Å²) >= 11 is 3.31. The molecule has 0 saturated heterocycles. The van der Waals surface area contributed by atoms with Crippen LogP contribution in [0, 0.1) is 5.82 Å². The highest BCUT2D eigenvalue weighted by Gasteiger charge is 2.06. The molecule has 0 aliphatic rings. The molecule has 0 spiro atoms. The molecule has 106 valence electrons. The third-order valence-electron chi connectivity index (χ3n) is 2.96. The minimum atomic E-state index is -0.350. The van der Waals surface area contributed by atoms with Crippen molar-refractivity contribution < 1.29 is 9.13 Å². The van der Waals surface area contributed by atoms with Crippen LogP contribution in [0.5, 0.6) is 5.75 Å². The molecule has 0 bridgehead atoms. The van der Waals surface area contributed by atoms with Gasteiger partial charge in [0, 0.05) is 11.0 Å². The van der Waals surface area contributed by atoms with E-state index in [1.807, 2.05) is 18.2 Å². The van der Waals surface area contributed by atoms with E-state index in [2.05, 4.69) is 34.2 Å². The summed E-state index contributed by atoms with van der Waals surface area (Å²) < 4.78 is 20.0. The summed E-state index contributed by atoms with van der Waals surface area (Å²) in [6.07, 6.45) is 0. The molecule has 1 N–H and O–H groups in total. The maximum absolute atomic E-state index is 13.6. The number of rotatable bonds is 6. The quantitative estimate of drug-likeness (QED) is 0.849. The second-order valence-electron chi connectivity index (χ2n) is 4.41. The molecule has 2 aromatic carbocycles. The molecule has 4 heteroatoms. The van der Waals surface area contributed by atoms with Gasteiger partial charge in [0.15, 0.2) is 11.6 Å². The lowest BCUT2D eigenvalue weighted by molar-refractivity contribution is 0.289. The number of nitrogens with one attached hydrogen (secondary N) is 1. The van der Waals surface area contributed by atoms with Crippen molar-refractivity contribution in [2.75, 3.05) is 6.54 Å². The summed E-state index contributed by atoms with van der Waals surface area (Å²) in [4.78, 5) is 0. The Morgan fingerprint density at radius 2 is 1.90 bits per heavy atom. The lowest BCUT2D eigenvalue weighted by Gasteiger charge is -2.12. The van der Waals surface area contributed by atoms with Crippen molar-refractivity contribution in [3.05, 3.63) is 63.9 Å². The lowest BCUT2D eigenvalue weighted by atomic mass is 10.1. The van der Waals surface area contributed by atoms with Crippen LogP contribution < -0.4 is 10.1 Å². The van der Waals surface area contributed by atoms with E-state index >= 15 is 0 Å². The van der Waals surface area contributed by atoms with E-state index in [1.165, 1.54) is 11.6 Å². The Balaban J connectivity index is 2.08. The summed E-state index contributed by atoms with van der Waals surface area (Å²) in [5.41, 5.74) is 2.23. The summed E-state index contributed by atoms with van der Waals surface area (Å²) in [5.74, 6) is -0.0880. The van der Waals surface area contributed by atoms with Crippen molar-refractivity contribution in [1.29, 1.82) is 0 Å². The maximum atomic E-state index is 13.6. The van der Waals surface area contributed by atoms with Crippen molar-refractivity contribution >= 4 is 15.9 Å². The van der Waals surface area contributed by atoms with Crippen molar-refractivity contribution in [3.8, 4) is 5.75 Å². The Hall–Kier alpha value is -1.39. The van der Waals surface area contributed by atoms with Crippen LogP contribution >= 0.6 is 15.9 Å². The van der Waals surface area contributed by atoms with Crippen LogP contribution in [0.4, 0.5) is 4.39 Å². The molecule has 0 unspecified atom stereocenters. The third kappa shape index (κ3) is 4.05. The highest BCUT2D eigenvalue weighted by Crippen LogP contribution is 2.23. The van der Waals surface area contributed by atoms with Gasteiger partial charge in [0.25, 0.3) is 0 Å². The van der Waals surface area contributed by atoms with Crippen LogP contribution in [0.3, 0.4) is 0 Å². The molecule has 0 atom stereocenters. The van der Waals surface area contributed by atoms with Gasteiger partial charge >= 0.3 is 0 Å². The molecule has 0 amide bonds. The van der Waals surface area contributed by atoms with Gasteiger partial charge in [-0.2, -0.15) is 0 Å². The van der Waals surface area contributed by atoms with Crippen molar-refractivity contribution in [2.24, 2.45) is 0 Å². The number of hydrogen-bond donors (Lipinski definition) is 1. The lowest BCUT2D eigenvalue weighted by Crippen LogP contribution is -2.14. The first-order valence-electron chi connectivity index (χ1n) is 6.56. The van der Waals surface area contributed by atoms with Gasteiger partial charge < -0.3 is 10.1 Å². The number of halogens is 2. The van der Waals surface area contributed by atoms with E-state index in [9.17, 15) is 4.39 Å². The summed E-state index contributed by atoms with van der Waals surface area (Å²) in [5, 5.41) is 3.29. The van der Waals surface area contributed by atoms with Crippen LogP contribution in [-0.2, 0) is 13.2 Å². The van der Waals surface area contributed by atoms with Crippen molar-refractivity contribution in [2.45, 2.75) is 20.1 Å². The number of ether oxygens (including phenoxy) is 1. The highest BCUT2D eigenvalue weighted by molar-refractivity contribution is 9.10. The Labute approximate surface area is 127 Å². The zero-order chi connectivity index (χ0) is 14.4. The SMILES string of the molecule is CCNCc1ccccc1COc1cc(Br)ccc1F. The monoisotopic (exact) mass is 337 g/mol. The zero-order valence-corrected chi connectivity index (χ0v) is 12.9. The van der Waals surface area contributed by atoms with Gasteiger partial charge in [-0.1, -0.05) is 47.1 Å². The molecule has 0 aliphatic heterocycles. The van der Waals surface area contributed by atoms with Crippen molar-refractivity contribution in [1.82, 2.24) is 5.32 Å². The largest absolute Gasteiger partial charge is 0.486 e. The summed E-state index contributed by atoms with van der Waals surface area (Å²) in [6, 6.07) is 12.7. The first-order valence-corrected chi connectivity index (χ1v) is 7.35. The first kappa shape index (κ1) is 15.0. The summed E-state index contributed by atoms with van der Waals surface area (Å²) in [7, 11) is 0. The van der Waals surface area contributed by atoms with Crippen LogP contribution in [-0.4, -0.2) is 6.54 Å². The van der Waals surface area contributed by atoms with E-state index in [1.54, 1.807) is 12.1 Å². The molecule has 2 rings (SSSR count). The van der Waals surface area contributed by atoms with E-state index in [0.29, 0.717) is 6.61 Å². The fraction of sp³-hybridized carbons (Fsp3) is 0.250. The molecule has 2 aromatic rings. The number of hydrogen-bond acceptors (Lipinski definition) is 2. The second-order valence-corrected chi connectivity index (χ2v) is 5.33. The van der Waals surface area contributed by atoms with Gasteiger partial charge in [0.05, 0.1) is 0 Å². The molecular formula is C16H17BrFNO. The Morgan fingerprint density at radius 1 is 1.15 bits per heavy atom. The van der Waals surface area contributed by atoms with Gasteiger partial charge in [-0.3, -0.25) is 0 Å². The minimum absolute atomic E-state index is 0.262. The molecule has 0 saturated carbocycles. The fourth-order valence-electron chi connectivity index (χ4n) is 1.87. The fourth-order valence-corrected chi connectivity index (χ4v) is 2.21. The van der Waals surface area contributed by atoms with E-state index < -0.39 is 0 Å². The molecule has 0 fully saturated rings. The average molecular weight is 338 g/mol. The van der Waals surface area contributed by atoms with Crippen LogP contribution in [0.2, 0.25) is 0 Å². The normalized spacial score (nSPS) is 10.6. The Kier molecular flexibility index (Phi) is 5.56. The van der Waals surface area contributed by atoms with E-state index in [0.717, 1.165) is 23.1 Å². The third-order valence-corrected chi connectivity index (χ3v) is 3.45. The second kappa shape index (κ2) is 7.41. The minimum Gasteiger partial charge on any atom is -0.486 e. The van der Waals surface area contributed by atoms with Crippen LogP contribution in [0.1, 0.15) is 18.1 Å². The topological polar surface area (TPSA) is 21.3 Å². The van der Waals surface area contributed by atoms with Gasteiger partial charge in [-0.25, -0.2) is 4.39 Å². The molecule has 2 nitrogen and oxygen atoms in total. The van der Waals surface area contributed by atoms with E-state index in [4.69, 9.17) is 4.74 Å². The molecule has 20 heavy (non-hydrogen) atoms. The number of benzene rings is 2. The molecule has 0 heterocycles. The smallest absolute Gasteiger partial charge is 0.165 e. The molecule has 0 aromatic heterocycles. The molecule has 0 radical (unpaired) electrons. The zero-order valence-electron chi connectivity index (χ0n) is 11.3. The molecule has 0 aliphatic carbocycles. The highest BCUT2D eigenvalue weighted by atomic mass is 79.9. The predicted octanol–water partition coefficient (Wildman–Crippen LogP) is 4.28. The first-order chi connectivity index (χ1) is 9.70. The van der Waals surface area contributed by atoms with Gasteiger partial charge in [-0.15, -0.1) is 0 Å². The standard InChI is InChI=1S/C16H17BrFNO/c1-2-19-10-12-5-3-4-6-13(12)11-20-16-9-14(17)7-8-15(16)18/h3-9,19H,2,10-11H2,1H3. The van der Waals surface area contributed by atoms with Gasteiger partial charge in [0.2, 0.25) is 0 Å². The van der Waals surface area contributed by atoms with Crippen molar-refractivity contribution in [3.63, 3.8) is 0 Å². The molecular weight excluding hydrogens is 321 g/mol. The Morgan fingerprint density at radius 3 is 2.65 bits per heavy atom. The predicted molar refractivity (Wildman–Crippen MR) is 82.3 cm³/mol. The van der Waals surface area contributed by atoms with Crippen LogP contribution in [0.15, 0.2) is 46.9 Å². The van der Waals surface area contributed by atoms with Crippen LogP contribution in [0.25, 0.3) is 0 Å². The Bertz CT molecular complexity index is 574.